The van der Waals surface area contributed by atoms with Crippen LogP contribution in [0.2, 0.25) is 0 Å². The molecule has 11 heteroatoms. The molecule has 0 saturated carbocycles. The van der Waals surface area contributed by atoms with Crippen molar-refractivity contribution in [3.63, 3.8) is 0 Å². The molecule has 0 aliphatic carbocycles. The second-order valence-corrected chi connectivity index (χ2v) is 11.9. The Kier molecular flexibility index (Phi) is 19.4. The first-order chi connectivity index (χ1) is 20.3. The van der Waals surface area contributed by atoms with Crippen LogP contribution in [-0.4, -0.2) is 112 Å². The quantitative estimate of drug-likeness (QED) is 0.0414. The second kappa shape index (κ2) is 21.8. The van der Waals surface area contributed by atoms with E-state index in [9.17, 15) is 30.6 Å². The molecule has 9 atom stereocenters. The molecule has 2 aliphatic heterocycles. The van der Waals surface area contributed by atoms with E-state index in [-0.39, 0.29) is 19.8 Å². The Bertz CT molecular complexity index is 696. The number of rotatable bonds is 24. The van der Waals surface area contributed by atoms with Crippen LogP contribution in [0.4, 0.5) is 0 Å². The van der Waals surface area contributed by atoms with Crippen LogP contribution in [0.1, 0.15) is 103 Å². The summed E-state index contributed by atoms with van der Waals surface area (Å²) in [4.78, 5) is 10.5. The molecule has 11 nitrogen and oxygen atoms in total. The molecule has 0 aromatic carbocycles. The fourth-order valence-electron chi connectivity index (χ4n) is 5.46. The minimum absolute atomic E-state index is 0.136. The smallest absolute Gasteiger partial charge is 0.135 e. The summed E-state index contributed by atoms with van der Waals surface area (Å²) in [5, 5.41) is 59.9. The average Bonchev–Trinajstić information content (AvgIpc) is 3.26. The molecule has 0 spiro atoms. The lowest BCUT2D eigenvalue weighted by Crippen LogP contribution is -2.59. The van der Waals surface area contributed by atoms with Crippen LogP contribution in [0.25, 0.3) is 0 Å². The third kappa shape index (κ3) is 13.4. The Morgan fingerprint density at radius 2 is 0.976 bits per heavy atom. The predicted molar refractivity (Wildman–Crippen MR) is 156 cm³/mol. The van der Waals surface area contributed by atoms with Crippen molar-refractivity contribution in [3.8, 4) is 0 Å². The Labute approximate surface area is 251 Å². The van der Waals surface area contributed by atoms with Gasteiger partial charge in [0.1, 0.15) is 67.3 Å². The van der Waals surface area contributed by atoms with Crippen molar-refractivity contribution in [2.24, 2.45) is 0 Å². The highest BCUT2D eigenvalue weighted by Gasteiger charge is 2.45. The molecular formula is C31H58O11. The van der Waals surface area contributed by atoms with E-state index in [1.807, 2.05) is 0 Å². The maximum Gasteiger partial charge on any atom is 0.135 e. The van der Waals surface area contributed by atoms with Crippen LogP contribution >= 0.6 is 0 Å². The number of hydrogen-bond donors (Lipinski definition) is 6. The van der Waals surface area contributed by atoms with Gasteiger partial charge < -0.3 is 49.7 Å². The molecule has 0 aromatic heterocycles. The van der Waals surface area contributed by atoms with Gasteiger partial charge in [-0.15, -0.1) is 0 Å². The minimum Gasteiger partial charge on any atom is -0.394 e. The third-order valence-corrected chi connectivity index (χ3v) is 8.24. The lowest BCUT2D eigenvalue weighted by Gasteiger charge is -2.40. The summed E-state index contributed by atoms with van der Waals surface area (Å²) in [6.07, 6.45) is 8.11. The molecule has 248 valence electrons. The summed E-state index contributed by atoms with van der Waals surface area (Å²) < 4.78 is 16.5. The minimum atomic E-state index is -1.49. The third-order valence-electron chi connectivity index (χ3n) is 8.24. The molecule has 2 rings (SSSR count). The number of allylic oxidation sites excluding steroid dienone is 1. The van der Waals surface area contributed by atoms with Gasteiger partial charge in [-0.2, -0.15) is 4.89 Å². The molecule has 2 saturated heterocycles. The SMILES string of the molecule is C=C(CCCCCCCCCCCCCCCC)OOCC1OC(COCC2OC(CO)C(O)C2O)C(O)C(O)C1O. The van der Waals surface area contributed by atoms with Crippen molar-refractivity contribution >= 4 is 0 Å². The highest BCUT2D eigenvalue weighted by molar-refractivity contribution is 4.93. The van der Waals surface area contributed by atoms with E-state index in [1.54, 1.807) is 0 Å². The summed E-state index contributed by atoms with van der Waals surface area (Å²) in [6.45, 7) is 5.16. The van der Waals surface area contributed by atoms with Gasteiger partial charge in [0.05, 0.1) is 19.8 Å². The Balaban J connectivity index is 1.51. The Hall–Kier alpha value is -0.860. The van der Waals surface area contributed by atoms with Crippen molar-refractivity contribution in [1.82, 2.24) is 0 Å². The van der Waals surface area contributed by atoms with Gasteiger partial charge in [0.15, 0.2) is 0 Å². The van der Waals surface area contributed by atoms with Crippen molar-refractivity contribution < 1.29 is 54.6 Å². The largest absolute Gasteiger partial charge is 0.394 e. The van der Waals surface area contributed by atoms with Crippen LogP contribution in [0, 0.1) is 0 Å². The van der Waals surface area contributed by atoms with E-state index in [0.29, 0.717) is 12.2 Å². The summed E-state index contributed by atoms with van der Waals surface area (Å²) in [5.74, 6) is 0.471. The highest BCUT2D eigenvalue weighted by Crippen LogP contribution is 2.24. The maximum atomic E-state index is 10.3. The summed E-state index contributed by atoms with van der Waals surface area (Å²) in [5.41, 5.74) is 0. The first kappa shape index (κ1) is 37.3. The molecule has 0 bridgehead atoms. The average molecular weight is 607 g/mol. The zero-order valence-corrected chi connectivity index (χ0v) is 25.6. The molecule has 2 fully saturated rings. The van der Waals surface area contributed by atoms with Crippen molar-refractivity contribution in [2.75, 3.05) is 26.4 Å². The van der Waals surface area contributed by atoms with Gasteiger partial charge in [-0.1, -0.05) is 97.0 Å². The van der Waals surface area contributed by atoms with Gasteiger partial charge in [0.25, 0.3) is 0 Å². The van der Waals surface area contributed by atoms with Gasteiger partial charge in [0.2, 0.25) is 0 Å². The van der Waals surface area contributed by atoms with Crippen molar-refractivity contribution in [1.29, 1.82) is 0 Å². The summed E-state index contributed by atoms with van der Waals surface area (Å²) in [7, 11) is 0. The van der Waals surface area contributed by atoms with Gasteiger partial charge in [0, 0.05) is 6.42 Å². The lowest BCUT2D eigenvalue weighted by molar-refractivity contribution is -0.310. The van der Waals surface area contributed by atoms with Crippen LogP contribution in [0.3, 0.4) is 0 Å². The fourth-order valence-corrected chi connectivity index (χ4v) is 5.46. The fraction of sp³-hybridized carbons (Fsp3) is 0.935. The number of unbranched alkanes of at least 4 members (excludes halogenated alkanes) is 13. The molecule has 0 radical (unpaired) electrons. The first-order valence-corrected chi connectivity index (χ1v) is 16.2. The second-order valence-electron chi connectivity index (χ2n) is 11.9. The van der Waals surface area contributed by atoms with Crippen LogP contribution in [0.5, 0.6) is 0 Å². The van der Waals surface area contributed by atoms with Crippen molar-refractivity contribution in [2.45, 2.75) is 158 Å². The zero-order valence-electron chi connectivity index (χ0n) is 25.6. The van der Waals surface area contributed by atoms with E-state index < -0.39 is 61.5 Å². The number of aliphatic hydroxyl groups excluding tert-OH is 6. The lowest BCUT2D eigenvalue weighted by atomic mass is 9.95. The molecule has 0 aromatic rings. The van der Waals surface area contributed by atoms with E-state index >= 15 is 0 Å². The normalized spacial score (nSPS) is 31.5. The van der Waals surface area contributed by atoms with E-state index in [0.717, 1.165) is 12.8 Å². The zero-order chi connectivity index (χ0) is 30.7. The highest BCUT2D eigenvalue weighted by atomic mass is 17.2. The monoisotopic (exact) mass is 606 g/mol. The van der Waals surface area contributed by atoms with Crippen LogP contribution < -0.4 is 0 Å². The first-order valence-electron chi connectivity index (χ1n) is 16.2. The van der Waals surface area contributed by atoms with E-state index in [4.69, 9.17) is 24.0 Å². The molecule has 6 N–H and O–H groups in total. The van der Waals surface area contributed by atoms with E-state index in [2.05, 4.69) is 13.5 Å². The number of hydrogen-bond acceptors (Lipinski definition) is 11. The van der Waals surface area contributed by atoms with Gasteiger partial charge in [-0.05, 0) is 6.42 Å². The molecular weight excluding hydrogens is 548 g/mol. The molecule has 2 aliphatic rings. The van der Waals surface area contributed by atoms with Crippen molar-refractivity contribution in [3.05, 3.63) is 12.3 Å². The van der Waals surface area contributed by atoms with Crippen LogP contribution in [0.15, 0.2) is 12.3 Å². The van der Waals surface area contributed by atoms with Gasteiger partial charge >= 0.3 is 0 Å². The molecule has 2 heterocycles. The molecule has 0 amide bonds. The maximum absolute atomic E-state index is 10.3. The van der Waals surface area contributed by atoms with Gasteiger partial charge in [-0.3, -0.25) is 0 Å². The Morgan fingerprint density at radius 3 is 1.45 bits per heavy atom. The number of ether oxygens (including phenoxy) is 3. The van der Waals surface area contributed by atoms with Gasteiger partial charge in [-0.25, -0.2) is 0 Å². The molecule has 9 unspecified atom stereocenters. The number of aliphatic hydroxyl groups is 6. The topological polar surface area (TPSA) is 168 Å². The van der Waals surface area contributed by atoms with E-state index in [1.165, 1.54) is 77.0 Å². The van der Waals surface area contributed by atoms with Crippen LogP contribution in [-0.2, 0) is 24.0 Å². The summed E-state index contributed by atoms with van der Waals surface area (Å²) in [6, 6.07) is 0. The standard InChI is InChI=1S/C31H58O11/c1-3-4-5-6-7-8-9-10-11-12-13-14-15-16-17-22(2)42-39-21-26-30(36)31(37)29(35)25(41-26)20-38-19-24-28(34)27(33)23(18-32)40-24/h23-37H,2-21H2,1H3. The Morgan fingerprint density at radius 1 is 0.571 bits per heavy atom. The predicted octanol–water partition coefficient (Wildman–Crippen LogP) is 2.67. The summed E-state index contributed by atoms with van der Waals surface area (Å²) >= 11 is 0. The molecule has 42 heavy (non-hydrogen) atoms.